The normalized spacial score (nSPS) is 15.4. The summed E-state index contributed by atoms with van der Waals surface area (Å²) in [6.07, 6.45) is 3.44. The van der Waals surface area contributed by atoms with Gasteiger partial charge in [0.25, 0.3) is 0 Å². The highest BCUT2D eigenvalue weighted by atomic mass is 15.3. The smallest absolute Gasteiger partial charge is 0.191 e. The van der Waals surface area contributed by atoms with Crippen LogP contribution in [0.25, 0.3) is 0 Å². The number of nitrogens with one attached hydrogen (secondary N) is 2. The second-order valence-corrected chi connectivity index (χ2v) is 7.10. The van der Waals surface area contributed by atoms with Gasteiger partial charge in [-0.2, -0.15) is 0 Å². The molecule has 7 heteroatoms. The summed E-state index contributed by atoms with van der Waals surface area (Å²) >= 11 is 0. The SMILES string of the molecule is CCN(CC)C(CNC(=NC)NCc1nnc2n1CCCC2)c1ccccc1. The summed E-state index contributed by atoms with van der Waals surface area (Å²) in [5.74, 6) is 2.89. The van der Waals surface area contributed by atoms with Crippen molar-refractivity contribution in [2.75, 3.05) is 26.7 Å². The maximum atomic E-state index is 4.39. The summed E-state index contributed by atoms with van der Waals surface area (Å²) in [5.41, 5.74) is 1.32. The number of benzene rings is 1. The van der Waals surface area contributed by atoms with E-state index in [1.807, 2.05) is 7.05 Å². The summed E-state index contributed by atoms with van der Waals surface area (Å²) in [4.78, 5) is 6.86. The van der Waals surface area contributed by atoms with Gasteiger partial charge in [-0.25, -0.2) is 0 Å². The van der Waals surface area contributed by atoms with Crippen molar-refractivity contribution in [3.63, 3.8) is 0 Å². The van der Waals surface area contributed by atoms with E-state index in [0.29, 0.717) is 12.6 Å². The highest BCUT2D eigenvalue weighted by molar-refractivity contribution is 5.79. The second kappa shape index (κ2) is 10.2. The van der Waals surface area contributed by atoms with E-state index in [9.17, 15) is 0 Å². The number of rotatable bonds is 8. The van der Waals surface area contributed by atoms with Gasteiger partial charge in [-0.05, 0) is 31.5 Å². The van der Waals surface area contributed by atoms with Crippen LogP contribution in [0.3, 0.4) is 0 Å². The molecule has 28 heavy (non-hydrogen) atoms. The number of nitrogens with zero attached hydrogens (tertiary/aromatic N) is 5. The molecule has 0 bridgehead atoms. The predicted molar refractivity (Wildman–Crippen MR) is 113 cm³/mol. The molecule has 1 aliphatic heterocycles. The molecule has 2 heterocycles. The molecule has 0 amide bonds. The monoisotopic (exact) mass is 383 g/mol. The first-order chi connectivity index (χ1) is 13.8. The Morgan fingerprint density at radius 2 is 1.93 bits per heavy atom. The lowest BCUT2D eigenvalue weighted by atomic mass is 10.1. The van der Waals surface area contributed by atoms with Crippen molar-refractivity contribution in [2.45, 2.75) is 52.2 Å². The average molecular weight is 384 g/mol. The number of aryl methyl sites for hydroxylation is 1. The van der Waals surface area contributed by atoms with Gasteiger partial charge in [0.1, 0.15) is 5.82 Å². The van der Waals surface area contributed by atoms with Gasteiger partial charge in [-0.3, -0.25) is 9.89 Å². The number of fused-ring (bicyclic) bond motifs is 1. The summed E-state index contributed by atoms with van der Waals surface area (Å²) in [6, 6.07) is 11.0. The van der Waals surface area contributed by atoms with Gasteiger partial charge in [0.15, 0.2) is 11.8 Å². The minimum Gasteiger partial charge on any atom is -0.354 e. The second-order valence-electron chi connectivity index (χ2n) is 7.10. The Hall–Kier alpha value is -2.41. The van der Waals surface area contributed by atoms with Crippen LogP contribution in [-0.4, -0.2) is 52.3 Å². The van der Waals surface area contributed by atoms with Crippen LogP contribution in [0.5, 0.6) is 0 Å². The number of hydrogen-bond acceptors (Lipinski definition) is 4. The van der Waals surface area contributed by atoms with Crippen molar-refractivity contribution in [3.8, 4) is 0 Å². The summed E-state index contributed by atoms with van der Waals surface area (Å²) in [5, 5.41) is 15.6. The average Bonchev–Trinajstić information content (AvgIpc) is 3.17. The maximum Gasteiger partial charge on any atom is 0.191 e. The van der Waals surface area contributed by atoms with E-state index in [2.05, 4.69) is 79.5 Å². The van der Waals surface area contributed by atoms with Crippen LogP contribution in [0.15, 0.2) is 35.3 Å². The third-order valence-corrected chi connectivity index (χ3v) is 5.47. The van der Waals surface area contributed by atoms with Crippen LogP contribution in [0, 0.1) is 0 Å². The van der Waals surface area contributed by atoms with Crippen LogP contribution in [0.2, 0.25) is 0 Å². The van der Waals surface area contributed by atoms with Crippen LogP contribution in [0.1, 0.15) is 49.9 Å². The molecule has 2 N–H and O–H groups in total. The summed E-state index contributed by atoms with van der Waals surface area (Å²) in [7, 11) is 1.81. The highest BCUT2D eigenvalue weighted by Crippen LogP contribution is 2.19. The Morgan fingerprint density at radius 1 is 1.14 bits per heavy atom. The molecule has 7 nitrogen and oxygen atoms in total. The molecule has 1 unspecified atom stereocenters. The van der Waals surface area contributed by atoms with E-state index < -0.39 is 0 Å². The van der Waals surface area contributed by atoms with Crippen molar-refractivity contribution in [1.82, 2.24) is 30.3 Å². The standard InChI is InChI=1S/C21H33N7/c1-4-27(5-2)18(17-11-7-6-8-12-17)15-23-21(22-3)24-16-20-26-25-19-13-9-10-14-28(19)20/h6-8,11-12,18H,4-5,9-10,13-16H2,1-3H3,(H2,22,23,24). The molecular weight excluding hydrogens is 350 g/mol. The van der Waals surface area contributed by atoms with E-state index in [1.165, 1.54) is 18.4 Å². The van der Waals surface area contributed by atoms with E-state index in [4.69, 9.17) is 0 Å². The molecule has 1 aromatic heterocycles. The van der Waals surface area contributed by atoms with Crippen LogP contribution in [0.4, 0.5) is 0 Å². The van der Waals surface area contributed by atoms with Crippen molar-refractivity contribution in [2.24, 2.45) is 4.99 Å². The van der Waals surface area contributed by atoms with Gasteiger partial charge in [-0.15, -0.1) is 10.2 Å². The Labute approximate surface area is 168 Å². The molecule has 2 aromatic rings. The highest BCUT2D eigenvalue weighted by Gasteiger charge is 2.19. The first-order valence-corrected chi connectivity index (χ1v) is 10.4. The van der Waals surface area contributed by atoms with E-state index >= 15 is 0 Å². The number of aromatic nitrogens is 3. The van der Waals surface area contributed by atoms with Gasteiger partial charge in [-0.1, -0.05) is 44.2 Å². The van der Waals surface area contributed by atoms with Gasteiger partial charge in [0.05, 0.1) is 12.6 Å². The van der Waals surface area contributed by atoms with Crippen molar-refractivity contribution in [3.05, 3.63) is 47.5 Å². The molecule has 1 atom stereocenters. The molecule has 0 spiro atoms. The van der Waals surface area contributed by atoms with Gasteiger partial charge in [0.2, 0.25) is 0 Å². The van der Waals surface area contributed by atoms with Crippen LogP contribution in [-0.2, 0) is 19.5 Å². The molecule has 0 radical (unpaired) electrons. The van der Waals surface area contributed by atoms with E-state index in [-0.39, 0.29) is 0 Å². The predicted octanol–water partition coefficient (Wildman–Crippen LogP) is 2.36. The Balaban J connectivity index is 1.61. The van der Waals surface area contributed by atoms with Gasteiger partial charge in [0, 0.05) is 26.6 Å². The third kappa shape index (κ3) is 4.90. The van der Waals surface area contributed by atoms with E-state index in [1.54, 1.807) is 0 Å². The van der Waals surface area contributed by atoms with Crippen LogP contribution < -0.4 is 10.6 Å². The number of aliphatic imine (C=N–C) groups is 1. The maximum absolute atomic E-state index is 4.39. The van der Waals surface area contributed by atoms with E-state index in [0.717, 1.165) is 50.2 Å². The molecule has 0 saturated heterocycles. The Bertz CT molecular complexity index is 749. The van der Waals surface area contributed by atoms with Crippen LogP contribution >= 0.6 is 0 Å². The van der Waals surface area contributed by atoms with Crippen molar-refractivity contribution >= 4 is 5.96 Å². The lowest BCUT2D eigenvalue weighted by Gasteiger charge is -2.30. The molecular formula is C21H33N7. The first kappa shape index (κ1) is 20.3. The van der Waals surface area contributed by atoms with Gasteiger partial charge < -0.3 is 15.2 Å². The molecule has 1 aromatic carbocycles. The summed E-state index contributed by atoms with van der Waals surface area (Å²) < 4.78 is 2.24. The molecule has 1 aliphatic rings. The first-order valence-electron chi connectivity index (χ1n) is 10.4. The quantitative estimate of drug-likeness (QED) is 0.541. The topological polar surface area (TPSA) is 70.4 Å². The molecule has 0 fully saturated rings. The number of hydrogen-bond donors (Lipinski definition) is 2. The zero-order valence-corrected chi connectivity index (χ0v) is 17.4. The zero-order chi connectivity index (χ0) is 19.8. The lowest BCUT2D eigenvalue weighted by Crippen LogP contribution is -2.43. The summed E-state index contributed by atoms with van der Waals surface area (Å²) in [6.45, 7) is 8.88. The molecule has 3 rings (SSSR count). The Morgan fingerprint density at radius 3 is 2.64 bits per heavy atom. The molecule has 0 aliphatic carbocycles. The third-order valence-electron chi connectivity index (χ3n) is 5.47. The fourth-order valence-electron chi connectivity index (χ4n) is 3.87. The largest absolute Gasteiger partial charge is 0.354 e. The fourth-order valence-corrected chi connectivity index (χ4v) is 3.87. The van der Waals surface area contributed by atoms with Crippen molar-refractivity contribution in [1.29, 1.82) is 0 Å². The van der Waals surface area contributed by atoms with Gasteiger partial charge >= 0.3 is 0 Å². The Kier molecular flexibility index (Phi) is 7.42. The minimum atomic E-state index is 0.301. The number of guanidine groups is 1. The zero-order valence-electron chi connectivity index (χ0n) is 17.4. The molecule has 0 saturated carbocycles. The lowest BCUT2D eigenvalue weighted by molar-refractivity contribution is 0.219. The number of likely N-dealkylation sites (N-methyl/N-ethyl adjacent to an activating group) is 1. The van der Waals surface area contributed by atoms with Crippen molar-refractivity contribution < 1.29 is 0 Å². The minimum absolute atomic E-state index is 0.301. The molecule has 152 valence electrons. The fraction of sp³-hybridized carbons (Fsp3) is 0.571.